The number of fused-ring (bicyclic) bond motifs is 2. The fourth-order valence-corrected chi connectivity index (χ4v) is 7.47. The summed E-state index contributed by atoms with van der Waals surface area (Å²) in [6.45, 7) is 3.96. The van der Waals surface area contributed by atoms with Gasteiger partial charge in [-0.25, -0.2) is 14.8 Å². The molecular formula is C26H25N3O3S3. The summed E-state index contributed by atoms with van der Waals surface area (Å²) in [5.74, 6) is -0.520. The molecule has 6 nitrogen and oxygen atoms in total. The van der Waals surface area contributed by atoms with Gasteiger partial charge in [-0.2, -0.15) is 0 Å². The Bertz CT molecular complexity index is 1380. The van der Waals surface area contributed by atoms with Crippen molar-refractivity contribution < 1.29 is 14.3 Å². The summed E-state index contributed by atoms with van der Waals surface area (Å²) in [5.41, 5.74) is 3.73. The minimum atomic E-state index is -0.425. The van der Waals surface area contributed by atoms with Crippen LogP contribution in [-0.4, -0.2) is 33.7 Å². The second-order valence-electron chi connectivity index (χ2n) is 8.26. The SMILES string of the molecule is CCOC(=O)c1c(NC(=O)[C@H](C)Sc2ncnc3scc(-c4ccccc4)c23)sc2c1CCCC2. The number of rotatable bonds is 7. The van der Waals surface area contributed by atoms with Crippen LogP contribution < -0.4 is 5.32 Å². The first-order chi connectivity index (χ1) is 17.1. The number of carbonyl (C=O) groups is 2. The van der Waals surface area contributed by atoms with Crippen LogP contribution in [0.4, 0.5) is 5.00 Å². The largest absolute Gasteiger partial charge is 0.462 e. The zero-order valence-corrected chi connectivity index (χ0v) is 21.9. The van der Waals surface area contributed by atoms with E-state index in [9.17, 15) is 9.59 Å². The van der Waals surface area contributed by atoms with Gasteiger partial charge < -0.3 is 10.1 Å². The molecule has 0 radical (unpaired) electrons. The van der Waals surface area contributed by atoms with Crippen molar-refractivity contribution in [2.75, 3.05) is 11.9 Å². The number of benzene rings is 1. The minimum absolute atomic E-state index is 0.164. The second kappa shape index (κ2) is 10.5. The Morgan fingerprint density at radius 2 is 1.97 bits per heavy atom. The molecule has 1 aromatic carbocycles. The Kier molecular flexibility index (Phi) is 7.17. The molecule has 5 rings (SSSR count). The van der Waals surface area contributed by atoms with Crippen LogP contribution in [0.25, 0.3) is 21.3 Å². The molecule has 0 saturated carbocycles. The number of nitrogens with one attached hydrogen (secondary N) is 1. The Balaban J connectivity index is 1.41. The fourth-order valence-electron chi connectivity index (χ4n) is 4.27. The second-order valence-corrected chi connectivity index (χ2v) is 11.6. The summed E-state index contributed by atoms with van der Waals surface area (Å²) >= 11 is 4.48. The number of carbonyl (C=O) groups excluding carboxylic acids is 2. The molecule has 180 valence electrons. The van der Waals surface area contributed by atoms with E-state index in [-0.39, 0.29) is 11.9 Å². The average Bonchev–Trinajstić information content (AvgIpc) is 3.46. The lowest BCUT2D eigenvalue weighted by molar-refractivity contribution is -0.115. The number of ether oxygens (including phenoxy) is 1. The maximum absolute atomic E-state index is 13.3. The third-order valence-electron chi connectivity index (χ3n) is 5.97. The topological polar surface area (TPSA) is 81.2 Å². The summed E-state index contributed by atoms with van der Waals surface area (Å²) in [5, 5.41) is 7.03. The smallest absolute Gasteiger partial charge is 0.341 e. The van der Waals surface area contributed by atoms with Gasteiger partial charge in [0, 0.05) is 15.8 Å². The van der Waals surface area contributed by atoms with E-state index >= 15 is 0 Å². The van der Waals surface area contributed by atoms with Crippen LogP contribution in [0.15, 0.2) is 47.1 Å². The highest BCUT2D eigenvalue weighted by atomic mass is 32.2. The quantitative estimate of drug-likeness (QED) is 0.167. The highest BCUT2D eigenvalue weighted by molar-refractivity contribution is 8.00. The Labute approximate surface area is 216 Å². The number of hydrogen-bond acceptors (Lipinski definition) is 8. The summed E-state index contributed by atoms with van der Waals surface area (Å²) in [7, 11) is 0. The number of nitrogens with zero attached hydrogens (tertiary/aromatic N) is 2. The molecule has 0 saturated heterocycles. The van der Waals surface area contributed by atoms with Gasteiger partial charge in [0.25, 0.3) is 0 Å². The predicted molar refractivity (Wildman–Crippen MR) is 144 cm³/mol. The number of thiophene rings is 2. The van der Waals surface area contributed by atoms with Gasteiger partial charge in [-0.15, -0.1) is 22.7 Å². The van der Waals surface area contributed by atoms with E-state index in [0.717, 1.165) is 57.6 Å². The number of aromatic nitrogens is 2. The molecule has 35 heavy (non-hydrogen) atoms. The van der Waals surface area contributed by atoms with E-state index in [1.807, 2.05) is 25.1 Å². The number of esters is 1. The van der Waals surface area contributed by atoms with Gasteiger partial charge in [0.2, 0.25) is 5.91 Å². The van der Waals surface area contributed by atoms with Gasteiger partial charge in [-0.3, -0.25) is 4.79 Å². The maximum atomic E-state index is 13.3. The van der Waals surface area contributed by atoms with Crippen LogP contribution in [0.5, 0.6) is 0 Å². The van der Waals surface area contributed by atoms with E-state index in [0.29, 0.717) is 17.2 Å². The van der Waals surface area contributed by atoms with Gasteiger partial charge in [0.05, 0.1) is 22.8 Å². The summed E-state index contributed by atoms with van der Waals surface area (Å²) in [6.07, 6.45) is 5.48. The average molecular weight is 524 g/mol. The number of hydrogen-bond donors (Lipinski definition) is 1. The molecule has 1 N–H and O–H groups in total. The molecule has 1 aliphatic rings. The molecule has 1 atom stereocenters. The van der Waals surface area contributed by atoms with Crippen molar-refractivity contribution in [3.8, 4) is 11.1 Å². The standard InChI is InChI=1S/C26H25N3O3S3/c1-3-32-26(31)21-17-11-7-8-12-19(17)35-25(21)29-22(30)15(2)34-24-20-18(16-9-5-4-6-10-16)13-33-23(20)27-14-28-24/h4-6,9-10,13-15H,3,7-8,11-12H2,1-2H3,(H,29,30)/t15-/m0/s1. The normalized spacial score (nSPS) is 13.9. The molecule has 0 aliphatic heterocycles. The number of thioether (sulfide) groups is 1. The van der Waals surface area contributed by atoms with Gasteiger partial charge in [-0.05, 0) is 50.7 Å². The zero-order chi connectivity index (χ0) is 24.4. The van der Waals surface area contributed by atoms with Crippen molar-refractivity contribution in [1.29, 1.82) is 0 Å². The molecule has 3 aromatic heterocycles. The first-order valence-electron chi connectivity index (χ1n) is 11.6. The Hall–Kier alpha value is -2.75. The van der Waals surface area contributed by atoms with Gasteiger partial charge in [-0.1, -0.05) is 42.1 Å². The van der Waals surface area contributed by atoms with Crippen molar-refractivity contribution in [2.24, 2.45) is 0 Å². The monoisotopic (exact) mass is 523 g/mol. The maximum Gasteiger partial charge on any atom is 0.341 e. The molecule has 4 aromatic rings. The minimum Gasteiger partial charge on any atom is -0.462 e. The van der Waals surface area contributed by atoms with Crippen molar-refractivity contribution in [3.05, 3.63) is 58.0 Å². The first kappa shape index (κ1) is 24.0. The predicted octanol–water partition coefficient (Wildman–Crippen LogP) is 6.59. The van der Waals surface area contributed by atoms with Crippen LogP contribution >= 0.6 is 34.4 Å². The van der Waals surface area contributed by atoms with E-state index in [1.165, 1.54) is 28.0 Å². The molecule has 1 amide bonds. The van der Waals surface area contributed by atoms with Gasteiger partial charge in [0.15, 0.2) is 0 Å². The number of amides is 1. The zero-order valence-electron chi connectivity index (χ0n) is 19.5. The summed E-state index contributed by atoms with van der Waals surface area (Å²) < 4.78 is 5.32. The van der Waals surface area contributed by atoms with Crippen LogP contribution in [0.3, 0.4) is 0 Å². The van der Waals surface area contributed by atoms with Crippen LogP contribution in [-0.2, 0) is 22.4 Å². The lowest BCUT2D eigenvalue weighted by Gasteiger charge is -2.14. The van der Waals surface area contributed by atoms with Crippen molar-refractivity contribution >= 4 is 61.5 Å². The molecule has 0 unspecified atom stereocenters. The van der Waals surface area contributed by atoms with Crippen LogP contribution in [0.2, 0.25) is 0 Å². The van der Waals surface area contributed by atoms with Crippen molar-refractivity contribution in [2.45, 2.75) is 49.8 Å². The van der Waals surface area contributed by atoms with Gasteiger partial charge in [0.1, 0.15) is 21.2 Å². The van der Waals surface area contributed by atoms with E-state index in [4.69, 9.17) is 4.74 Å². The van der Waals surface area contributed by atoms with Crippen LogP contribution in [0, 0.1) is 0 Å². The molecule has 0 spiro atoms. The number of aryl methyl sites for hydroxylation is 1. The fraction of sp³-hybridized carbons (Fsp3) is 0.308. The molecular weight excluding hydrogens is 499 g/mol. The van der Waals surface area contributed by atoms with E-state index in [2.05, 4.69) is 32.8 Å². The van der Waals surface area contributed by atoms with Crippen molar-refractivity contribution in [3.63, 3.8) is 0 Å². The Morgan fingerprint density at radius 3 is 2.77 bits per heavy atom. The third-order valence-corrected chi connectivity index (χ3v) is 9.16. The van der Waals surface area contributed by atoms with E-state index < -0.39 is 5.25 Å². The summed E-state index contributed by atoms with van der Waals surface area (Å²) in [6, 6.07) is 10.1. The lowest BCUT2D eigenvalue weighted by atomic mass is 9.95. The molecule has 1 aliphatic carbocycles. The lowest BCUT2D eigenvalue weighted by Crippen LogP contribution is -2.23. The third kappa shape index (κ3) is 4.85. The molecule has 0 fully saturated rings. The molecule has 9 heteroatoms. The Morgan fingerprint density at radius 1 is 1.17 bits per heavy atom. The van der Waals surface area contributed by atoms with Crippen molar-refractivity contribution in [1.82, 2.24) is 9.97 Å². The molecule has 3 heterocycles. The van der Waals surface area contributed by atoms with Crippen LogP contribution in [0.1, 0.15) is 47.5 Å². The highest BCUT2D eigenvalue weighted by Crippen LogP contribution is 2.41. The summed E-state index contributed by atoms with van der Waals surface area (Å²) in [4.78, 5) is 37.0. The van der Waals surface area contributed by atoms with Gasteiger partial charge >= 0.3 is 5.97 Å². The number of anilines is 1. The van der Waals surface area contributed by atoms with E-state index in [1.54, 1.807) is 24.6 Å². The first-order valence-corrected chi connectivity index (χ1v) is 14.2. The molecule has 0 bridgehead atoms. The highest BCUT2D eigenvalue weighted by Gasteiger charge is 2.28.